The van der Waals surface area contributed by atoms with Gasteiger partial charge in [0.1, 0.15) is 0 Å². The van der Waals surface area contributed by atoms with Gasteiger partial charge < -0.3 is 20.8 Å². The van der Waals surface area contributed by atoms with Crippen LogP contribution in [0.1, 0.15) is 186 Å². The summed E-state index contributed by atoms with van der Waals surface area (Å²) >= 11 is 0. The molecular formula is C39H70F2N2O4. The van der Waals surface area contributed by atoms with Gasteiger partial charge in [0.05, 0.1) is 0 Å². The van der Waals surface area contributed by atoms with Crippen LogP contribution in [0.2, 0.25) is 0 Å². The van der Waals surface area contributed by atoms with Gasteiger partial charge in [0, 0.05) is 25.3 Å². The number of hydrogen-bond acceptors (Lipinski definition) is 4. The smallest absolute Gasteiger partial charge is 0.279 e. The van der Waals surface area contributed by atoms with Crippen LogP contribution in [0.4, 0.5) is 8.78 Å². The van der Waals surface area contributed by atoms with Gasteiger partial charge in [-0.25, -0.2) is 8.78 Å². The van der Waals surface area contributed by atoms with Gasteiger partial charge in [-0.15, -0.1) is 0 Å². The molecule has 1 aliphatic carbocycles. The van der Waals surface area contributed by atoms with Crippen molar-refractivity contribution in [3.05, 3.63) is 23.8 Å². The Morgan fingerprint density at radius 2 is 0.723 bits per heavy atom. The third-order valence-corrected chi connectivity index (χ3v) is 9.41. The fourth-order valence-corrected chi connectivity index (χ4v) is 6.44. The van der Waals surface area contributed by atoms with Crippen LogP contribution < -0.4 is 10.6 Å². The van der Waals surface area contributed by atoms with Crippen molar-refractivity contribution in [2.45, 2.75) is 198 Å². The number of unbranched alkanes of at least 4 members (excludes halogenated alkanes) is 24. The number of aliphatic hydroxyl groups excluding tert-OH is 2. The van der Waals surface area contributed by atoms with Crippen molar-refractivity contribution in [2.75, 3.05) is 13.2 Å². The van der Waals surface area contributed by atoms with Crippen LogP contribution in [0.25, 0.3) is 0 Å². The molecule has 0 aromatic carbocycles. The zero-order valence-corrected chi connectivity index (χ0v) is 29.7. The van der Waals surface area contributed by atoms with Crippen molar-refractivity contribution in [2.24, 2.45) is 0 Å². The molecule has 0 saturated heterocycles. The van der Waals surface area contributed by atoms with E-state index in [1.165, 1.54) is 102 Å². The molecule has 0 unspecified atom stereocenters. The summed E-state index contributed by atoms with van der Waals surface area (Å²) in [7, 11) is 0. The largest absolute Gasteiger partial charge is 0.396 e. The van der Waals surface area contributed by atoms with Crippen molar-refractivity contribution < 1.29 is 28.6 Å². The number of carbonyl (C=O) groups is 2. The summed E-state index contributed by atoms with van der Waals surface area (Å²) in [6.07, 6.45) is 33.3. The molecule has 4 N–H and O–H groups in total. The zero-order chi connectivity index (χ0) is 34.2. The SMILES string of the molecule is O=C(N[C@@H]1CC[C@H](NC(=O)/C(F)=C/CCCCCCCCCCCCCCO)C1)/C(F)=C/CCCCCCCCCCCCCCO. The van der Waals surface area contributed by atoms with Gasteiger partial charge in [-0.05, 0) is 69.9 Å². The summed E-state index contributed by atoms with van der Waals surface area (Å²) in [5, 5.41) is 23.0. The summed E-state index contributed by atoms with van der Waals surface area (Å²) in [5.74, 6) is -2.89. The molecule has 1 fully saturated rings. The van der Waals surface area contributed by atoms with E-state index < -0.39 is 23.5 Å². The molecule has 2 atom stereocenters. The Balaban J connectivity index is 2.04. The fraction of sp³-hybridized carbons (Fsp3) is 0.846. The average molecular weight is 669 g/mol. The lowest BCUT2D eigenvalue weighted by Gasteiger charge is -2.14. The van der Waals surface area contributed by atoms with Crippen LogP contribution in [-0.2, 0) is 9.59 Å². The molecule has 1 saturated carbocycles. The van der Waals surface area contributed by atoms with E-state index in [-0.39, 0.29) is 12.1 Å². The van der Waals surface area contributed by atoms with E-state index in [0.29, 0.717) is 45.3 Å². The number of hydrogen-bond donors (Lipinski definition) is 4. The quantitative estimate of drug-likeness (QED) is 0.0424. The summed E-state index contributed by atoms with van der Waals surface area (Å²) in [6.45, 7) is 0.607. The van der Waals surface area contributed by atoms with Gasteiger partial charge >= 0.3 is 0 Å². The van der Waals surface area contributed by atoms with E-state index >= 15 is 0 Å². The predicted octanol–water partition coefficient (Wildman–Crippen LogP) is 9.97. The number of halogens is 2. The van der Waals surface area contributed by atoms with Crippen molar-refractivity contribution in [3.63, 3.8) is 0 Å². The van der Waals surface area contributed by atoms with Gasteiger partial charge in [0.15, 0.2) is 11.7 Å². The van der Waals surface area contributed by atoms with Gasteiger partial charge in [-0.2, -0.15) is 0 Å². The average Bonchev–Trinajstić information content (AvgIpc) is 3.50. The molecule has 0 radical (unpaired) electrons. The Hall–Kier alpha value is -1.80. The fourth-order valence-electron chi connectivity index (χ4n) is 6.44. The second-order valence-corrected chi connectivity index (χ2v) is 13.8. The van der Waals surface area contributed by atoms with E-state index in [2.05, 4.69) is 10.6 Å². The minimum Gasteiger partial charge on any atom is -0.396 e. The van der Waals surface area contributed by atoms with Gasteiger partial charge in [-0.3, -0.25) is 9.59 Å². The highest BCUT2D eigenvalue weighted by Gasteiger charge is 2.28. The highest BCUT2D eigenvalue weighted by atomic mass is 19.1. The first-order valence-corrected chi connectivity index (χ1v) is 19.5. The molecule has 274 valence electrons. The monoisotopic (exact) mass is 669 g/mol. The number of allylic oxidation sites excluding steroid dienone is 2. The van der Waals surface area contributed by atoms with Gasteiger partial charge in [0.2, 0.25) is 0 Å². The second kappa shape index (κ2) is 31.5. The Morgan fingerprint density at radius 3 is 1.00 bits per heavy atom. The van der Waals surface area contributed by atoms with Crippen LogP contribution >= 0.6 is 0 Å². The standard InChI is InChI=1S/C39H70F2N2O4/c40-36(27-23-19-15-11-7-3-1-5-9-13-17-21-25-31-44)38(46)42-34-29-30-35(33-34)43-39(47)37(41)28-24-20-16-12-8-4-2-6-10-14-18-22-26-32-45/h27-28,34-35,44-45H,1-26,29-33H2,(H,42,46)(H,43,47)/b36-27-,37-28-/t34-,35+. The van der Waals surface area contributed by atoms with Crippen LogP contribution in [0.3, 0.4) is 0 Å². The van der Waals surface area contributed by atoms with E-state index in [0.717, 1.165) is 64.2 Å². The normalized spacial score (nSPS) is 16.9. The summed E-state index contributed by atoms with van der Waals surface area (Å²) in [4.78, 5) is 24.6. The van der Waals surface area contributed by atoms with E-state index in [1.807, 2.05) is 0 Å². The highest BCUT2D eigenvalue weighted by molar-refractivity contribution is 5.92. The van der Waals surface area contributed by atoms with E-state index in [9.17, 15) is 18.4 Å². The van der Waals surface area contributed by atoms with Crippen molar-refractivity contribution >= 4 is 11.8 Å². The lowest BCUT2D eigenvalue weighted by atomic mass is 10.0. The molecule has 0 bridgehead atoms. The highest BCUT2D eigenvalue weighted by Crippen LogP contribution is 2.21. The molecule has 1 aliphatic rings. The molecule has 0 aromatic rings. The summed E-state index contributed by atoms with van der Waals surface area (Å²) in [6, 6.07) is -0.451. The third kappa shape index (κ3) is 25.8. The van der Waals surface area contributed by atoms with Crippen molar-refractivity contribution in [3.8, 4) is 0 Å². The van der Waals surface area contributed by atoms with Crippen molar-refractivity contribution in [1.29, 1.82) is 0 Å². The lowest BCUT2D eigenvalue weighted by Crippen LogP contribution is -2.37. The third-order valence-electron chi connectivity index (χ3n) is 9.41. The van der Waals surface area contributed by atoms with Crippen LogP contribution in [-0.4, -0.2) is 47.3 Å². The molecular weight excluding hydrogens is 598 g/mol. The van der Waals surface area contributed by atoms with Crippen LogP contribution in [0, 0.1) is 0 Å². The minimum atomic E-state index is -0.744. The first-order chi connectivity index (χ1) is 23.0. The van der Waals surface area contributed by atoms with Crippen LogP contribution in [0.15, 0.2) is 23.8 Å². The number of carbonyl (C=O) groups excluding carboxylic acids is 2. The Labute approximate surface area is 286 Å². The molecule has 0 spiro atoms. The summed E-state index contributed by atoms with van der Waals surface area (Å²) in [5.41, 5.74) is 0. The maximum Gasteiger partial charge on any atom is 0.279 e. The lowest BCUT2D eigenvalue weighted by molar-refractivity contribution is -0.119. The second-order valence-electron chi connectivity index (χ2n) is 13.8. The number of aliphatic hydroxyl groups is 2. The van der Waals surface area contributed by atoms with Crippen molar-refractivity contribution in [1.82, 2.24) is 10.6 Å². The molecule has 47 heavy (non-hydrogen) atoms. The molecule has 0 aromatic heterocycles. The molecule has 0 heterocycles. The topological polar surface area (TPSA) is 98.7 Å². The van der Waals surface area contributed by atoms with Gasteiger partial charge in [-0.1, -0.05) is 128 Å². The molecule has 8 heteroatoms. The van der Waals surface area contributed by atoms with Gasteiger partial charge in [0.25, 0.3) is 11.8 Å². The first-order valence-electron chi connectivity index (χ1n) is 19.5. The number of nitrogens with one attached hydrogen (secondary N) is 2. The van der Waals surface area contributed by atoms with E-state index in [1.54, 1.807) is 0 Å². The maximum atomic E-state index is 14.3. The maximum absolute atomic E-state index is 14.3. The minimum absolute atomic E-state index is 0.226. The Morgan fingerprint density at radius 1 is 0.468 bits per heavy atom. The molecule has 2 amide bonds. The number of rotatable bonds is 32. The molecule has 6 nitrogen and oxygen atoms in total. The molecule has 1 rings (SSSR count). The van der Waals surface area contributed by atoms with E-state index in [4.69, 9.17) is 10.2 Å². The predicted molar refractivity (Wildman–Crippen MR) is 190 cm³/mol. The number of amides is 2. The molecule has 0 aliphatic heterocycles. The summed E-state index contributed by atoms with van der Waals surface area (Å²) < 4.78 is 28.7. The Kier molecular flexibility index (Phi) is 28.9. The Bertz CT molecular complexity index is 770. The zero-order valence-electron chi connectivity index (χ0n) is 29.7. The first kappa shape index (κ1) is 43.2. The van der Waals surface area contributed by atoms with Crippen LogP contribution in [0.5, 0.6) is 0 Å².